The Morgan fingerprint density at radius 1 is 0.875 bits per heavy atom. The van der Waals surface area contributed by atoms with E-state index in [4.69, 9.17) is 0 Å². The molecule has 0 aliphatic rings. The van der Waals surface area contributed by atoms with Crippen LogP contribution in [0.5, 0.6) is 0 Å². The number of pyridine rings is 1. The second kappa shape index (κ2) is 4.22. The molecule has 0 fully saturated rings. The fourth-order valence-corrected chi connectivity index (χ4v) is 3.50. The van der Waals surface area contributed by atoms with Crippen molar-refractivity contribution in [1.82, 2.24) is 4.98 Å². The maximum absolute atomic E-state index is 4.45. The van der Waals surface area contributed by atoms with Gasteiger partial charge < -0.3 is 0 Å². The molecule has 0 aliphatic heterocycles. The van der Waals surface area contributed by atoms with Crippen LogP contribution in [0.2, 0.25) is 19.6 Å². The number of rotatable bonds is 2. The molecule has 0 unspecified atom stereocenters. The molecule has 1 heterocycles. The normalized spacial score (nSPS) is 11.4. The molecular formula is C14H17NSi. The molecule has 1 nitrogen and oxygen atoms in total. The summed E-state index contributed by atoms with van der Waals surface area (Å²) in [6, 6.07) is 14.7. The zero-order chi connectivity index (χ0) is 11.6. The van der Waals surface area contributed by atoms with Crippen molar-refractivity contribution in [3.05, 3.63) is 48.7 Å². The predicted molar refractivity (Wildman–Crippen MR) is 72.7 cm³/mol. The second-order valence-electron chi connectivity index (χ2n) is 5.01. The van der Waals surface area contributed by atoms with Gasteiger partial charge in [0, 0.05) is 6.20 Å². The minimum absolute atomic E-state index is 1.08. The summed E-state index contributed by atoms with van der Waals surface area (Å²) in [6.45, 7) is 7.11. The SMILES string of the molecule is C[Si](C)(C)c1ccccc1-c1ccccn1. The van der Waals surface area contributed by atoms with E-state index in [-0.39, 0.29) is 0 Å². The van der Waals surface area contributed by atoms with E-state index in [1.165, 1.54) is 10.8 Å². The molecule has 0 radical (unpaired) electrons. The highest BCUT2D eigenvalue weighted by molar-refractivity contribution is 6.89. The predicted octanol–water partition coefficient (Wildman–Crippen LogP) is 3.29. The number of nitrogens with zero attached hydrogens (tertiary/aromatic N) is 1. The lowest BCUT2D eigenvalue weighted by Gasteiger charge is -2.20. The number of hydrogen-bond acceptors (Lipinski definition) is 1. The van der Waals surface area contributed by atoms with Crippen molar-refractivity contribution in [2.24, 2.45) is 0 Å². The fraction of sp³-hybridized carbons (Fsp3) is 0.214. The van der Waals surface area contributed by atoms with Gasteiger partial charge in [0.2, 0.25) is 0 Å². The van der Waals surface area contributed by atoms with Gasteiger partial charge in [-0.25, -0.2) is 0 Å². The zero-order valence-corrected chi connectivity index (χ0v) is 11.1. The van der Waals surface area contributed by atoms with Crippen LogP contribution in [0.3, 0.4) is 0 Å². The maximum atomic E-state index is 4.45. The van der Waals surface area contributed by atoms with Crippen molar-refractivity contribution < 1.29 is 0 Å². The first kappa shape index (κ1) is 11.1. The van der Waals surface area contributed by atoms with E-state index in [1.54, 1.807) is 0 Å². The summed E-state index contributed by atoms with van der Waals surface area (Å²) in [4.78, 5) is 4.45. The Bertz CT molecular complexity index is 472. The van der Waals surface area contributed by atoms with Gasteiger partial charge in [-0.05, 0) is 17.7 Å². The number of hydrogen-bond donors (Lipinski definition) is 0. The molecule has 0 saturated carbocycles. The van der Waals surface area contributed by atoms with Crippen molar-refractivity contribution in [2.75, 3.05) is 0 Å². The van der Waals surface area contributed by atoms with E-state index in [0.29, 0.717) is 0 Å². The molecule has 82 valence electrons. The summed E-state index contributed by atoms with van der Waals surface area (Å²) < 4.78 is 0. The van der Waals surface area contributed by atoms with Gasteiger partial charge in [0.15, 0.2) is 0 Å². The molecule has 16 heavy (non-hydrogen) atoms. The van der Waals surface area contributed by atoms with Crippen LogP contribution in [0, 0.1) is 0 Å². The minimum Gasteiger partial charge on any atom is -0.256 e. The standard InChI is InChI=1S/C14H17NSi/c1-16(2,3)14-10-5-4-8-12(14)13-9-6-7-11-15-13/h4-11H,1-3H3. The minimum atomic E-state index is -1.30. The lowest BCUT2D eigenvalue weighted by atomic mass is 10.1. The monoisotopic (exact) mass is 227 g/mol. The maximum Gasteiger partial charge on any atom is 0.0784 e. The molecule has 0 amide bonds. The second-order valence-corrected chi connectivity index (χ2v) is 10.0. The first-order valence-corrected chi connectivity index (χ1v) is 9.10. The van der Waals surface area contributed by atoms with E-state index >= 15 is 0 Å². The van der Waals surface area contributed by atoms with Gasteiger partial charge in [-0.3, -0.25) is 4.98 Å². The lowest BCUT2D eigenvalue weighted by molar-refractivity contribution is 1.33. The molecule has 2 aromatic rings. The number of benzene rings is 1. The molecule has 0 saturated heterocycles. The average Bonchev–Trinajstić information content (AvgIpc) is 2.29. The molecule has 0 aliphatic carbocycles. The molecule has 2 heteroatoms. The van der Waals surface area contributed by atoms with Crippen LogP contribution in [-0.4, -0.2) is 13.1 Å². The Kier molecular flexibility index (Phi) is 2.92. The molecule has 0 spiro atoms. The Morgan fingerprint density at radius 3 is 2.19 bits per heavy atom. The van der Waals surface area contributed by atoms with E-state index in [9.17, 15) is 0 Å². The van der Waals surface area contributed by atoms with Crippen LogP contribution in [-0.2, 0) is 0 Å². The van der Waals surface area contributed by atoms with E-state index < -0.39 is 8.07 Å². The molecular weight excluding hydrogens is 210 g/mol. The van der Waals surface area contributed by atoms with Crippen molar-refractivity contribution in [3.8, 4) is 11.3 Å². The van der Waals surface area contributed by atoms with E-state index in [1.807, 2.05) is 18.3 Å². The summed E-state index contributed by atoms with van der Waals surface area (Å²) in [5, 5.41) is 1.48. The van der Waals surface area contributed by atoms with Crippen molar-refractivity contribution in [2.45, 2.75) is 19.6 Å². The van der Waals surface area contributed by atoms with Crippen LogP contribution in [0.4, 0.5) is 0 Å². The van der Waals surface area contributed by atoms with Gasteiger partial charge >= 0.3 is 0 Å². The third-order valence-electron chi connectivity index (χ3n) is 2.68. The third kappa shape index (κ3) is 2.22. The topological polar surface area (TPSA) is 12.9 Å². The first-order valence-electron chi connectivity index (χ1n) is 5.60. The van der Waals surface area contributed by atoms with Gasteiger partial charge in [-0.15, -0.1) is 0 Å². The van der Waals surface area contributed by atoms with E-state index in [0.717, 1.165) is 5.69 Å². The van der Waals surface area contributed by atoms with Gasteiger partial charge in [-0.1, -0.05) is 55.2 Å². The highest BCUT2D eigenvalue weighted by Gasteiger charge is 2.20. The summed E-state index contributed by atoms with van der Waals surface area (Å²) in [5.74, 6) is 0. The Labute approximate surface area is 98.2 Å². The van der Waals surface area contributed by atoms with Gasteiger partial charge in [0.25, 0.3) is 0 Å². The van der Waals surface area contributed by atoms with Crippen molar-refractivity contribution in [3.63, 3.8) is 0 Å². The Balaban J connectivity index is 2.58. The molecule has 0 bridgehead atoms. The quantitative estimate of drug-likeness (QED) is 0.717. The molecule has 1 aromatic heterocycles. The first-order chi connectivity index (χ1) is 7.59. The van der Waals surface area contributed by atoms with Crippen LogP contribution < -0.4 is 5.19 Å². The Morgan fingerprint density at radius 2 is 1.56 bits per heavy atom. The van der Waals surface area contributed by atoms with Crippen LogP contribution in [0.1, 0.15) is 0 Å². The zero-order valence-electron chi connectivity index (χ0n) is 10.1. The highest BCUT2D eigenvalue weighted by atomic mass is 28.3. The molecule has 2 rings (SSSR count). The van der Waals surface area contributed by atoms with Gasteiger partial charge in [-0.2, -0.15) is 0 Å². The fourth-order valence-electron chi connectivity index (χ4n) is 1.88. The lowest BCUT2D eigenvalue weighted by Crippen LogP contribution is -2.38. The third-order valence-corrected chi connectivity index (χ3v) is 4.73. The van der Waals surface area contributed by atoms with Crippen LogP contribution in [0.25, 0.3) is 11.3 Å². The molecule has 0 N–H and O–H groups in total. The molecule has 1 aromatic carbocycles. The number of aromatic nitrogens is 1. The molecule has 0 atom stereocenters. The summed E-state index contributed by atoms with van der Waals surface area (Å²) >= 11 is 0. The average molecular weight is 227 g/mol. The van der Waals surface area contributed by atoms with E-state index in [2.05, 4.69) is 55.0 Å². The van der Waals surface area contributed by atoms with Gasteiger partial charge in [0.05, 0.1) is 13.8 Å². The van der Waals surface area contributed by atoms with Crippen LogP contribution in [0.15, 0.2) is 48.7 Å². The van der Waals surface area contributed by atoms with Crippen molar-refractivity contribution >= 4 is 13.3 Å². The largest absolute Gasteiger partial charge is 0.256 e. The highest BCUT2D eigenvalue weighted by Crippen LogP contribution is 2.17. The van der Waals surface area contributed by atoms with Gasteiger partial charge in [0.1, 0.15) is 0 Å². The summed E-state index contributed by atoms with van der Waals surface area (Å²) in [5.41, 5.74) is 2.38. The summed E-state index contributed by atoms with van der Waals surface area (Å²) in [7, 11) is -1.30. The summed E-state index contributed by atoms with van der Waals surface area (Å²) in [6.07, 6.45) is 1.86. The Hall–Kier alpha value is -1.41. The smallest absolute Gasteiger partial charge is 0.0784 e. The van der Waals surface area contributed by atoms with Crippen LogP contribution >= 0.6 is 0 Å². The van der Waals surface area contributed by atoms with Crippen molar-refractivity contribution in [1.29, 1.82) is 0 Å².